The van der Waals surface area contributed by atoms with Crippen molar-refractivity contribution in [1.29, 1.82) is 0 Å². The van der Waals surface area contributed by atoms with E-state index in [2.05, 4.69) is 86.8 Å². The Morgan fingerprint density at radius 3 is 1.24 bits per heavy atom. The zero-order valence-electron chi connectivity index (χ0n) is 44.4. The molecule has 0 aromatic carbocycles. The van der Waals surface area contributed by atoms with Gasteiger partial charge in [0.2, 0.25) is 0 Å². The highest BCUT2D eigenvalue weighted by atomic mass is 16.6. The van der Waals surface area contributed by atoms with E-state index >= 15 is 0 Å². The van der Waals surface area contributed by atoms with Gasteiger partial charge in [0.1, 0.15) is 13.2 Å². The van der Waals surface area contributed by atoms with Crippen LogP contribution in [0.1, 0.15) is 213 Å². The van der Waals surface area contributed by atoms with E-state index < -0.39 is 47.7 Å². The van der Waals surface area contributed by atoms with E-state index in [9.17, 15) is 34.2 Å². The summed E-state index contributed by atoms with van der Waals surface area (Å²) in [4.78, 5) is 62.5. The van der Waals surface area contributed by atoms with Crippen LogP contribution in [0.25, 0.3) is 0 Å². The predicted octanol–water partition coefficient (Wildman–Crippen LogP) is 15.8. The van der Waals surface area contributed by atoms with Crippen molar-refractivity contribution in [3.05, 3.63) is 97.2 Å². The fourth-order valence-corrected chi connectivity index (χ4v) is 8.49. The molecule has 0 saturated carbocycles. The summed E-state index contributed by atoms with van der Waals surface area (Å²) in [6.07, 6.45) is 59.2. The van der Waals surface area contributed by atoms with E-state index in [0.717, 1.165) is 128 Å². The second kappa shape index (κ2) is 46.3. The molecule has 0 saturated heterocycles. The third-order valence-electron chi connectivity index (χ3n) is 12.7. The summed E-state index contributed by atoms with van der Waals surface area (Å²) in [7, 11) is 0. The number of hydrogen-bond acceptors (Lipinski definition) is 8. The van der Waals surface area contributed by atoms with Gasteiger partial charge in [-0.3, -0.25) is 24.0 Å². The Balaban J connectivity index is 2.48. The van der Waals surface area contributed by atoms with E-state index in [1.165, 1.54) is 25.7 Å². The lowest BCUT2D eigenvalue weighted by Crippen LogP contribution is -2.41. The largest absolute Gasteiger partial charge is 0.481 e. The van der Waals surface area contributed by atoms with E-state index in [1.807, 2.05) is 31.2 Å². The van der Waals surface area contributed by atoms with Crippen molar-refractivity contribution >= 4 is 29.8 Å². The summed E-state index contributed by atoms with van der Waals surface area (Å²) in [5.41, 5.74) is 0. The van der Waals surface area contributed by atoms with Crippen LogP contribution in [-0.4, -0.2) is 59.4 Å². The Kier molecular flexibility index (Phi) is 42.0. The van der Waals surface area contributed by atoms with Gasteiger partial charge in [-0.05, 0) is 83.0 Å². The minimum atomic E-state index is -1.07. The number of carboxylic acid groups (broad SMARTS) is 2. The van der Waals surface area contributed by atoms with Crippen LogP contribution in [0.2, 0.25) is 0 Å². The Hall–Kier alpha value is -4.73. The summed E-state index contributed by atoms with van der Waals surface area (Å²) in [5, 5.41) is 19.9. The first kappa shape index (κ1) is 64.3. The number of aliphatic carboxylic acids is 2. The Labute approximate surface area is 430 Å². The van der Waals surface area contributed by atoms with Gasteiger partial charge in [0.05, 0.1) is 11.8 Å². The van der Waals surface area contributed by atoms with Gasteiger partial charge < -0.3 is 24.4 Å². The molecule has 0 amide bonds. The van der Waals surface area contributed by atoms with E-state index in [1.54, 1.807) is 0 Å². The van der Waals surface area contributed by atoms with E-state index in [4.69, 9.17) is 14.2 Å². The Bertz CT molecular complexity index is 1650. The number of allylic oxidation sites excluding steroid dienone is 16. The van der Waals surface area contributed by atoms with Crippen LogP contribution < -0.4 is 0 Å². The molecule has 0 aliphatic heterocycles. The third-order valence-corrected chi connectivity index (χ3v) is 12.7. The smallest absolute Gasteiger partial charge is 0.308 e. The Morgan fingerprint density at radius 1 is 0.437 bits per heavy atom. The lowest BCUT2D eigenvalue weighted by atomic mass is 9.69. The molecule has 0 aromatic rings. The lowest BCUT2D eigenvalue weighted by Gasteiger charge is -2.33. The second-order valence-electron chi connectivity index (χ2n) is 19.1. The van der Waals surface area contributed by atoms with Crippen molar-refractivity contribution in [2.24, 2.45) is 23.7 Å². The van der Waals surface area contributed by atoms with Crippen LogP contribution in [0.4, 0.5) is 0 Å². The first-order valence-electron chi connectivity index (χ1n) is 27.9. The average molecular weight is 989 g/mol. The van der Waals surface area contributed by atoms with Crippen LogP contribution in [0.15, 0.2) is 97.2 Å². The van der Waals surface area contributed by atoms with Crippen LogP contribution >= 0.6 is 0 Å². The molecular formula is C61H96O10. The van der Waals surface area contributed by atoms with Gasteiger partial charge in [0.15, 0.2) is 6.10 Å². The molecule has 0 spiro atoms. The van der Waals surface area contributed by atoms with Crippen LogP contribution in [0.3, 0.4) is 0 Å². The maximum Gasteiger partial charge on any atom is 0.308 e. The average Bonchev–Trinajstić information content (AvgIpc) is 3.35. The second-order valence-corrected chi connectivity index (χ2v) is 19.1. The molecule has 0 bridgehead atoms. The number of carboxylic acids is 2. The number of hydrogen-bond donors (Lipinski definition) is 2. The first-order valence-corrected chi connectivity index (χ1v) is 27.9. The zero-order valence-corrected chi connectivity index (χ0v) is 44.4. The van der Waals surface area contributed by atoms with Crippen molar-refractivity contribution in [2.45, 2.75) is 219 Å². The van der Waals surface area contributed by atoms with E-state index in [0.29, 0.717) is 19.3 Å². The fourth-order valence-electron chi connectivity index (χ4n) is 8.49. The van der Waals surface area contributed by atoms with Crippen LogP contribution in [-0.2, 0) is 38.2 Å². The minimum absolute atomic E-state index is 0.160. The number of carbonyl (C=O) groups is 5. The molecule has 400 valence electrons. The normalized spacial score (nSPS) is 17.8. The van der Waals surface area contributed by atoms with Gasteiger partial charge in [-0.25, -0.2) is 0 Å². The monoisotopic (exact) mass is 989 g/mol. The van der Waals surface area contributed by atoms with Crippen molar-refractivity contribution in [1.82, 2.24) is 0 Å². The predicted molar refractivity (Wildman–Crippen MR) is 290 cm³/mol. The van der Waals surface area contributed by atoms with Gasteiger partial charge >= 0.3 is 29.8 Å². The third kappa shape index (κ3) is 36.8. The molecule has 2 N–H and O–H groups in total. The number of esters is 3. The lowest BCUT2D eigenvalue weighted by molar-refractivity contribution is -0.167. The highest BCUT2D eigenvalue weighted by molar-refractivity contribution is 5.81. The minimum Gasteiger partial charge on any atom is -0.481 e. The molecule has 1 aliphatic carbocycles. The topological polar surface area (TPSA) is 154 Å². The fraction of sp³-hybridized carbons (Fsp3) is 0.656. The SMILES string of the molecule is CCCC/C=C/C=C/C=C/CCCCCCCC(=O)OC[C@H](COC(=O)CCCCCCC/C=C/[C@H]1C=C[C@@H](CCCC)[C@H](C(=O)O)[C@H]1C(=O)O)OC(=O)CCCCCCC/C=C/C=C/C=C/CCCC. The zero-order chi connectivity index (χ0) is 51.8. The molecule has 0 unspecified atom stereocenters. The summed E-state index contributed by atoms with van der Waals surface area (Å²) < 4.78 is 16.7. The number of unbranched alkanes of at least 4 members (excludes halogenated alkanes) is 20. The van der Waals surface area contributed by atoms with Crippen molar-refractivity contribution < 1.29 is 48.4 Å². The molecule has 71 heavy (non-hydrogen) atoms. The standard InChI is InChI=1S/C61H96O10/c1-4-7-10-12-14-16-18-20-22-24-26-28-32-36-40-45-55(62)69-50-54(71-57(64)47-42-38-33-29-27-25-23-21-19-17-15-13-11-8-5-2)51-70-56(63)46-41-37-34-30-31-35-39-44-53-49-48-52(43-9-6-3)58(60(65)66)59(53)61(67)68/h12-23,39,44,48-49,52-54,58-59H,4-11,24-38,40-43,45-47,50-51H2,1-3H3,(H,65,66)(H,67,68)/b14-12+,15-13+,18-16+,19-17+,22-20+,23-21+,44-39+/t52-,53+,54-,58+,59+/m1/s1. The number of rotatable bonds is 45. The number of ether oxygens (including phenoxy) is 3. The molecule has 0 fully saturated rings. The summed E-state index contributed by atoms with van der Waals surface area (Å²) in [5.74, 6) is -5.92. The van der Waals surface area contributed by atoms with Crippen LogP contribution in [0, 0.1) is 23.7 Å². The molecule has 0 heterocycles. The summed E-state index contributed by atoms with van der Waals surface area (Å²) in [6, 6.07) is 0. The highest BCUT2D eigenvalue weighted by Crippen LogP contribution is 2.38. The maximum atomic E-state index is 12.9. The molecule has 0 radical (unpaired) electrons. The molecular weight excluding hydrogens is 893 g/mol. The molecule has 5 atom stereocenters. The van der Waals surface area contributed by atoms with Gasteiger partial charge in [-0.2, -0.15) is 0 Å². The van der Waals surface area contributed by atoms with E-state index in [-0.39, 0.29) is 44.4 Å². The van der Waals surface area contributed by atoms with Gasteiger partial charge in [0.25, 0.3) is 0 Å². The molecule has 1 aliphatic rings. The molecule has 10 nitrogen and oxygen atoms in total. The van der Waals surface area contributed by atoms with Crippen LogP contribution in [0.5, 0.6) is 0 Å². The van der Waals surface area contributed by atoms with Gasteiger partial charge in [0, 0.05) is 25.2 Å². The molecule has 10 heteroatoms. The van der Waals surface area contributed by atoms with Gasteiger partial charge in [-0.15, -0.1) is 0 Å². The van der Waals surface area contributed by atoms with Gasteiger partial charge in [-0.1, -0.05) is 214 Å². The van der Waals surface area contributed by atoms with Crippen molar-refractivity contribution in [3.8, 4) is 0 Å². The first-order chi connectivity index (χ1) is 34.6. The van der Waals surface area contributed by atoms with Crippen molar-refractivity contribution in [2.75, 3.05) is 13.2 Å². The summed E-state index contributed by atoms with van der Waals surface area (Å²) >= 11 is 0. The molecule has 1 rings (SSSR count). The highest BCUT2D eigenvalue weighted by Gasteiger charge is 2.44. The summed E-state index contributed by atoms with van der Waals surface area (Å²) in [6.45, 7) is 6.10. The number of carbonyl (C=O) groups excluding carboxylic acids is 3. The molecule has 0 aromatic heterocycles. The quantitative estimate of drug-likeness (QED) is 0.0198. The van der Waals surface area contributed by atoms with Crippen molar-refractivity contribution in [3.63, 3.8) is 0 Å². The maximum absolute atomic E-state index is 12.9. The Morgan fingerprint density at radius 2 is 0.817 bits per heavy atom.